The summed E-state index contributed by atoms with van der Waals surface area (Å²) in [6, 6.07) is 8.01. The van der Waals surface area contributed by atoms with E-state index in [2.05, 4.69) is 21.2 Å². The van der Waals surface area contributed by atoms with Crippen LogP contribution in [0.4, 0.5) is 11.4 Å². The zero-order chi connectivity index (χ0) is 20.9. The number of sulfonamides is 1. The van der Waals surface area contributed by atoms with Crippen LogP contribution in [-0.4, -0.2) is 75.1 Å². The number of amides is 1. The summed E-state index contributed by atoms with van der Waals surface area (Å²) in [7, 11) is -3.05. The summed E-state index contributed by atoms with van der Waals surface area (Å²) < 4.78 is 26.1. The number of carbonyl (C=O) groups excluding carboxylic acids is 1. The SMILES string of the molecule is CCCS(=O)(=O)N1CCC(CN2CCN(c3cccc(NC(C)=O)c3)CC2)CC1. The first kappa shape index (κ1) is 22.1. The van der Waals surface area contributed by atoms with E-state index in [1.165, 1.54) is 6.92 Å². The number of nitrogens with zero attached hydrogens (tertiary/aromatic N) is 3. The Morgan fingerprint density at radius 3 is 2.41 bits per heavy atom. The molecule has 0 bridgehead atoms. The zero-order valence-electron chi connectivity index (χ0n) is 17.6. The van der Waals surface area contributed by atoms with Gasteiger partial charge < -0.3 is 10.2 Å². The summed E-state index contributed by atoms with van der Waals surface area (Å²) in [5, 5.41) is 2.85. The molecule has 0 radical (unpaired) electrons. The third-order valence-corrected chi connectivity index (χ3v) is 7.93. The molecule has 1 aromatic carbocycles. The van der Waals surface area contributed by atoms with Crippen LogP contribution in [0.15, 0.2) is 24.3 Å². The molecule has 2 aliphatic rings. The van der Waals surface area contributed by atoms with Crippen LogP contribution in [0.25, 0.3) is 0 Å². The summed E-state index contributed by atoms with van der Waals surface area (Å²) >= 11 is 0. The first-order valence-corrected chi connectivity index (χ1v) is 12.3. The van der Waals surface area contributed by atoms with Gasteiger partial charge in [0.25, 0.3) is 0 Å². The van der Waals surface area contributed by atoms with Crippen molar-refractivity contribution in [3.63, 3.8) is 0 Å². The van der Waals surface area contributed by atoms with E-state index in [4.69, 9.17) is 0 Å². The Bertz CT molecular complexity index is 783. The minimum absolute atomic E-state index is 0.0551. The number of nitrogens with one attached hydrogen (secondary N) is 1. The van der Waals surface area contributed by atoms with Gasteiger partial charge in [0.1, 0.15) is 0 Å². The first-order valence-electron chi connectivity index (χ1n) is 10.7. The average molecular weight is 423 g/mol. The summed E-state index contributed by atoms with van der Waals surface area (Å²) in [5.41, 5.74) is 1.98. The molecule has 3 rings (SSSR count). The first-order chi connectivity index (χ1) is 13.9. The van der Waals surface area contributed by atoms with Crippen molar-refractivity contribution in [2.45, 2.75) is 33.1 Å². The van der Waals surface area contributed by atoms with Gasteiger partial charge in [-0.25, -0.2) is 12.7 Å². The summed E-state index contributed by atoms with van der Waals surface area (Å²) in [5.74, 6) is 0.793. The van der Waals surface area contributed by atoms with Crippen molar-refractivity contribution in [3.05, 3.63) is 24.3 Å². The predicted octanol–water partition coefficient (Wildman–Crippen LogP) is 2.22. The van der Waals surface area contributed by atoms with Crippen LogP contribution < -0.4 is 10.2 Å². The van der Waals surface area contributed by atoms with Gasteiger partial charge in [-0.05, 0) is 43.4 Å². The highest BCUT2D eigenvalue weighted by atomic mass is 32.2. The summed E-state index contributed by atoms with van der Waals surface area (Å²) in [6.45, 7) is 9.79. The van der Waals surface area contributed by atoms with E-state index in [9.17, 15) is 13.2 Å². The van der Waals surface area contributed by atoms with Gasteiger partial charge in [0.15, 0.2) is 0 Å². The van der Waals surface area contributed by atoms with Crippen molar-refractivity contribution >= 4 is 27.3 Å². The molecule has 0 unspecified atom stereocenters. The van der Waals surface area contributed by atoms with E-state index in [0.29, 0.717) is 25.4 Å². The van der Waals surface area contributed by atoms with Crippen LogP contribution in [0.2, 0.25) is 0 Å². The molecule has 2 aliphatic heterocycles. The number of rotatable bonds is 7. The molecule has 29 heavy (non-hydrogen) atoms. The molecule has 162 valence electrons. The number of benzene rings is 1. The smallest absolute Gasteiger partial charge is 0.221 e. The molecule has 8 heteroatoms. The Labute approximate surface area is 175 Å². The maximum absolute atomic E-state index is 12.2. The molecule has 0 spiro atoms. The molecule has 7 nitrogen and oxygen atoms in total. The Morgan fingerprint density at radius 2 is 1.79 bits per heavy atom. The predicted molar refractivity (Wildman–Crippen MR) is 118 cm³/mol. The maximum atomic E-state index is 12.2. The molecule has 2 fully saturated rings. The van der Waals surface area contributed by atoms with Crippen molar-refractivity contribution in [1.29, 1.82) is 0 Å². The Kier molecular flexibility index (Phi) is 7.54. The molecule has 2 saturated heterocycles. The number of hydrogen-bond acceptors (Lipinski definition) is 5. The lowest BCUT2D eigenvalue weighted by atomic mass is 9.97. The Morgan fingerprint density at radius 1 is 1.10 bits per heavy atom. The zero-order valence-corrected chi connectivity index (χ0v) is 18.5. The lowest BCUT2D eigenvalue weighted by molar-refractivity contribution is -0.114. The average Bonchev–Trinajstić information content (AvgIpc) is 2.69. The minimum atomic E-state index is -3.05. The molecule has 0 aliphatic carbocycles. The largest absolute Gasteiger partial charge is 0.369 e. The fourth-order valence-electron chi connectivity index (χ4n) is 4.29. The van der Waals surface area contributed by atoms with Crippen molar-refractivity contribution in [1.82, 2.24) is 9.21 Å². The molecule has 2 heterocycles. The van der Waals surface area contributed by atoms with Crippen LogP contribution in [-0.2, 0) is 14.8 Å². The molecule has 0 saturated carbocycles. The van der Waals surface area contributed by atoms with Crippen LogP contribution in [0, 0.1) is 5.92 Å². The second-order valence-electron chi connectivity index (χ2n) is 8.18. The number of piperazine rings is 1. The molecule has 0 aromatic heterocycles. The molecular formula is C21H34N4O3S. The van der Waals surface area contributed by atoms with Crippen LogP contribution >= 0.6 is 0 Å². The van der Waals surface area contributed by atoms with Crippen LogP contribution in [0.3, 0.4) is 0 Å². The van der Waals surface area contributed by atoms with E-state index in [1.54, 1.807) is 4.31 Å². The molecule has 1 aromatic rings. The second-order valence-corrected chi connectivity index (χ2v) is 10.3. The van der Waals surface area contributed by atoms with Gasteiger partial charge in [-0.2, -0.15) is 0 Å². The lowest BCUT2D eigenvalue weighted by Crippen LogP contribution is -2.49. The van der Waals surface area contributed by atoms with E-state index < -0.39 is 10.0 Å². The number of hydrogen-bond donors (Lipinski definition) is 1. The van der Waals surface area contributed by atoms with Gasteiger partial charge >= 0.3 is 0 Å². The van der Waals surface area contributed by atoms with Crippen LogP contribution in [0.5, 0.6) is 0 Å². The van der Waals surface area contributed by atoms with Crippen molar-refractivity contribution < 1.29 is 13.2 Å². The number of piperidine rings is 1. The molecule has 1 amide bonds. The van der Waals surface area contributed by atoms with E-state index in [-0.39, 0.29) is 11.7 Å². The van der Waals surface area contributed by atoms with E-state index in [1.807, 2.05) is 25.1 Å². The fraction of sp³-hybridized carbons (Fsp3) is 0.667. The van der Waals surface area contributed by atoms with Gasteiger partial charge in [0.2, 0.25) is 15.9 Å². The van der Waals surface area contributed by atoms with Crippen LogP contribution in [0.1, 0.15) is 33.1 Å². The van der Waals surface area contributed by atoms with Gasteiger partial charge in [-0.15, -0.1) is 0 Å². The quantitative estimate of drug-likeness (QED) is 0.729. The molecule has 0 atom stereocenters. The van der Waals surface area contributed by atoms with Gasteiger partial charge in [-0.3, -0.25) is 9.69 Å². The topological polar surface area (TPSA) is 73.0 Å². The highest BCUT2D eigenvalue weighted by molar-refractivity contribution is 7.89. The van der Waals surface area contributed by atoms with Crippen molar-refractivity contribution in [2.75, 3.05) is 61.8 Å². The van der Waals surface area contributed by atoms with E-state index in [0.717, 1.165) is 56.9 Å². The second kappa shape index (κ2) is 9.91. The third-order valence-electron chi connectivity index (χ3n) is 5.85. The summed E-state index contributed by atoms with van der Waals surface area (Å²) in [4.78, 5) is 16.1. The van der Waals surface area contributed by atoms with Gasteiger partial charge in [-0.1, -0.05) is 13.0 Å². The monoisotopic (exact) mass is 422 g/mol. The van der Waals surface area contributed by atoms with E-state index >= 15 is 0 Å². The van der Waals surface area contributed by atoms with Crippen molar-refractivity contribution in [3.8, 4) is 0 Å². The number of carbonyl (C=O) groups is 1. The Balaban J connectivity index is 1.44. The molecule has 1 N–H and O–H groups in total. The standard InChI is InChI=1S/C21H34N4O3S/c1-3-15-29(27,28)25-9-7-19(8-10-25)17-23-11-13-24(14-12-23)21-6-4-5-20(16-21)22-18(2)26/h4-6,16,19H,3,7-15,17H2,1-2H3,(H,22,26). The van der Waals surface area contributed by atoms with Gasteiger partial charge in [0, 0.05) is 64.1 Å². The normalized spacial score (nSPS) is 20.0. The lowest BCUT2D eigenvalue weighted by Gasteiger charge is -2.39. The van der Waals surface area contributed by atoms with Gasteiger partial charge in [0.05, 0.1) is 5.75 Å². The third kappa shape index (κ3) is 6.17. The minimum Gasteiger partial charge on any atom is -0.369 e. The molecular weight excluding hydrogens is 388 g/mol. The summed E-state index contributed by atoms with van der Waals surface area (Å²) in [6.07, 6.45) is 2.60. The highest BCUT2D eigenvalue weighted by Gasteiger charge is 2.29. The maximum Gasteiger partial charge on any atom is 0.221 e. The fourth-order valence-corrected chi connectivity index (χ4v) is 5.84. The number of anilines is 2. The Hall–Kier alpha value is -1.64. The van der Waals surface area contributed by atoms with Crippen molar-refractivity contribution in [2.24, 2.45) is 5.92 Å². The highest BCUT2D eigenvalue weighted by Crippen LogP contribution is 2.24.